The number of nitrogens with one attached hydrogen (secondary N) is 3. The van der Waals surface area contributed by atoms with Crippen LogP contribution in [-0.4, -0.2) is 56.6 Å². The van der Waals surface area contributed by atoms with Gasteiger partial charge in [0.25, 0.3) is 17.7 Å². The molecule has 3 atom stereocenters. The van der Waals surface area contributed by atoms with Gasteiger partial charge in [0.05, 0.1) is 24.7 Å². The van der Waals surface area contributed by atoms with Crippen molar-refractivity contribution in [1.29, 1.82) is 0 Å². The van der Waals surface area contributed by atoms with E-state index < -0.39 is 41.8 Å². The minimum Gasteiger partial charge on any atom is -0.346 e. The molecule has 3 aromatic heterocycles. The fraction of sp³-hybridized carbons (Fsp3) is 0.206. The molecule has 3 N–H and O–H groups in total. The lowest BCUT2D eigenvalue weighted by Gasteiger charge is -2.28. The third-order valence-corrected chi connectivity index (χ3v) is 9.59. The van der Waals surface area contributed by atoms with Gasteiger partial charge in [0.15, 0.2) is 0 Å². The normalized spacial score (nSPS) is 19.1. The van der Waals surface area contributed by atoms with Gasteiger partial charge in [-0.1, -0.05) is 60.7 Å². The fourth-order valence-electron chi connectivity index (χ4n) is 5.22. The summed E-state index contributed by atoms with van der Waals surface area (Å²) in [7, 11) is 0. The number of rotatable bonds is 4. The lowest BCUT2D eigenvalue weighted by Crippen LogP contribution is -2.46. The number of carbonyl (C=O) groups excluding carboxylic acids is 4. The van der Waals surface area contributed by atoms with Crippen LogP contribution in [0.15, 0.2) is 96.0 Å². The summed E-state index contributed by atoms with van der Waals surface area (Å²) < 4.78 is 0. The van der Waals surface area contributed by atoms with Gasteiger partial charge in [0.2, 0.25) is 5.91 Å². The van der Waals surface area contributed by atoms with Crippen LogP contribution in [0, 0.1) is 0 Å². The zero-order chi connectivity index (χ0) is 32.8. The summed E-state index contributed by atoms with van der Waals surface area (Å²) in [5, 5.41) is 13.4. The van der Waals surface area contributed by atoms with E-state index in [4.69, 9.17) is 0 Å². The van der Waals surface area contributed by atoms with Crippen molar-refractivity contribution >= 4 is 46.3 Å². The number of aromatic nitrogens is 3. The summed E-state index contributed by atoms with van der Waals surface area (Å²) in [6.07, 6.45) is 3.47. The van der Waals surface area contributed by atoms with Gasteiger partial charge in [0, 0.05) is 35.3 Å². The molecule has 5 aromatic rings. The largest absolute Gasteiger partial charge is 0.346 e. The molecule has 0 saturated carbocycles. The third kappa shape index (κ3) is 7.76. The topological polar surface area (TPSA) is 146 Å². The number of amides is 4. The zero-order valence-corrected chi connectivity index (χ0v) is 27.0. The summed E-state index contributed by atoms with van der Waals surface area (Å²) in [4.78, 5) is 68.9. The molecule has 0 fully saturated rings. The number of thiazole rings is 2. The van der Waals surface area contributed by atoms with Gasteiger partial charge in [-0.3, -0.25) is 24.2 Å². The molecule has 6 rings (SSSR count). The van der Waals surface area contributed by atoms with Gasteiger partial charge < -0.3 is 20.9 Å². The molecule has 1 aliphatic rings. The molecule has 47 heavy (non-hydrogen) atoms. The standard InChI is InChI=1S/C34H31N7O4S2/c1-21-32-39-27(19-46-32)30(43)37-25(16-22-8-4-2-5-9-22)33-40-28(20-47-33)31(44)38-26(23-10-6-3-7-11-23)17-41(18-29(42)36-21)34(45)24-12-14-35-15-13-24/h2-15,19-21,25-26H,16-18H2,1H3,(H,36,42)(H,37,43)(H,38,44)/t21-,25+,26-/m0/s1. The predicted octanol–water partition coefficient (Wildman–Crippen LogP) is 4.51. The molecule has 11 nitrogen and oxygen atoms in total. The van der Waals surface area contributed by atoms with Crippen molar-refractivity contribution in [2.24, 2.45) is 0 Å². The second kappa shape index (κ2) is 14.4. The van der Waals surface area contributed by atoms with E-state index in [0.29, 0.717) is 22.0 Å². The maximum Gasteiger partial charge on any atom is 0.271 e. The van der Waals surface area contributed by atoms with Crippen molar-refractivity contribution in [3.8, 4) is 0 Å². The van der Waals surface area contributed by atoms with Crippen LogP contribution < -0.4 is 16.0 Å². The number of hydrogen-bond donors (Lipinski definition) is 3. The Morgan fingerprint density at radius 2 is 1.43 bits per heavy atom. The zero-order valence-electron chi connectivity index (χ0n) is 25.3. The summed E-state index contributed by atoms with van der Waals surface area (Å²) in [6, 6.07) is 20.4. The van der Waals surface area contributed by atoms with Gasteiger partial charge in [-0.2, -0.15) is 0 Å². The first-order chi connectivity index (χ1) is 22.8. The van der Waals surface area contributed by atoms with Crippen molar-refractivity contribution in [3.63, 3.8) is 0 Å². The molecule has 1 aliphatic heterocycles. The molecule has 0 radical (unpaired) electrons. The van der Waals surface area contributed by atoms with Crippen LogP contribution in [0.2, 0.25) is 0 Å². The Hall–Kier alpha value is -5.27. The van der Waals surface area contributed by atoms with Crippen molar-refractivity contribution in [3.05, 3.63) is 134 Å². The van der Waals surface area contributed by atoms with E-state index in [2.05, 4.69) is 30.9 Å². The summed E-state index contributed by atoms with van der Waals surface area (Å²) >= 11 is 2.53. The van der Waals surface area contributed by atoms with E-state index in [1.807, 2.05) is 60.7 Å². The van der Waals surface area contributed by atoms with E-state index in [0.717, 1.165) is 11.1 Å². The first kappa shape index (κ1) is 31.7. The highest BCUT2D eigenvalue weighted by Crippen LogP contribution is 2.25. The average Bonchev–Trinajstić information content (AvgIpc) is 3.79. The monoisotopic (exact) mass is 665 g/mol. The number of pyridine rings is 1. The molecule has 0 unspecified atom stereocenters. The lowest BCUT2D eigenvalue weighted by molar-refractivity contribution is -0.122. The molecule has 13 heteroatoms. The molecule has 238 valence electrons. The first-order valence-electron chi connectivity index (χ1n) is 14.9. The van der Waals surface area contributed by atoms with Crippen molar-refractivity contribution in [1.82, 2.24) is 35.8 Å². The lowest BCUT2D eigenvalue weighted by atomic mass is 10.1. The molecule has 0 saturated heterocycles. The molecular weight excluding hydrogens is 635 g/mol. The van der Waals surface area contributed by atoms with Crippen molar-refractivity contribution in [2.75, 3.05) is 13.1 Å². The number of fused-ring (bicyclic) bond motifs is 4. The quantitative estimate of drug-likeness (QED) is 0.256. The molecule has 0 spiro atoms. The van der Waals surface area contributed by atoms with Crippen LogP contribution >= 0.6 is 22.7 Å². The Bertz CT molecular complexity index is 1860. The minimum absolute atomic E-state index is 0.00376. The summed E-state index contributed by atoms with van der Waals surface area (Å²) in [6.45, 7) is 1.49. The highest BCUT2D eigenvalue weighted by atomic mass is 32.1. The van der Waals surface area contributed by atoms with E-state index in [-0.39, 0.29) is 24.5 Å². The Labute approximate surface area is 279 Å². The number of hydrogen-bond acceptors (Lipinski definition) is 9. The van der Waals surface area contributed by atoms with E-state index in [9.17, 15) is 19.2 Å². The summed E-state index contributed by atoms with van der Waals surface area (Å²) in [5.74, 6) is -1.67. The van der Waals surface area contributed by atoms with Crippen LogP contribution in [0.3, 0.4) is 0 Å². The molecule has 4 heterocycles. The maximum atomic E-state index is 13.8. The molecule has 4 bridgehead atoms. The van der Waals surface area contributed by atoms with Crippen LogP contribution in [0.4, 0.5) is 0 Å². The molecular formula is C34H31N7O4S2. The molecule has 0 aliphatic carbocycles. The van der Waals surface area contributed by atoms with Crippen LogP contribution in [0.1, 0.15) is 77.5 Å². The third-order valence-electron chi connectivity index (χ3n) is 7.60. The first-order valence-corrected chi connectivity index (χ1v) is 16.7. The average molecular weight is 666 g/mol. The van der Waals surface area contributed by atoms with E-state index in [1.54, 1.807) is 29.8 Å². The van der Waals surface area contributed by atoms with Gasteiger partial charge in [0.1, 0.15) is 21.4 Å². The van der Waals surface area contributed by atoms with Crippen LogP contribution in [-0.2, 0) is 11.2 Å². The van der Waals surface area contributed by atoms with Gasteiger partial charge in [-0.15, -0.1) is 22.7 Å². The Morgan fingerprint density at radius 1 is 0.809 bits per heavy atom. The van der Waals surface area contributed by atoms with E-state index >= 15 is 0 Å². The Kier molecular flexibility index (Phi) is 9.74. The number of carbonyl (C=O) groups is 4. The number of benzene rings is 2. The second-order valence-corrected chi connectivity index (χ2v) is 12.8. The van der Waals surface area contributed by atoms with Crippen LogP contribution in [0.25, 0.3) is 0 Å². The van der Waals surface area contributed by atoms with Gasteiger partial charge in [-0.25, -0.2) is 9.97 Å². The maximum absolute atomic E-state index is 13.8. The molecule has 2 aromatic carbocycles. The van der Waals surface area contributed by atoms with Crippen molar-refractivity contribution in [2.45, 2.75) is 31.5 Å². The van der Waals surface area contributed by atoms with Gasteiger partial charge in [-0.05, 0) is 36.6 Å². The van der Waals surface area contributed by atoms with Gasteiger partial charge >= 0.3 is 0 Å². The van der Waals surface area contributed by atoms with Crippen LogP contribution in [0.5, 0.6) is 0 Å². The van der Waals surface area contributed by atoms with E-state index in [1.165, 1.54) is 40.0 Å². The summed E-state index contributed by atoms with van der Waals surface area (Å²) in [5.41, 5.74) is 2.47. The number of nitrogens with zero attached hydrogens (tertiary/aromatic N) is 4. The fourth-order valence-corrected chi connectivity index (χ4v) is 6.87. The van der Waals surface area contributed by atoms with Crippen molar-refractivity contribution < 1.29 is 19.2 Å². The highest BCUT2D eigenvalue weighted by molar-refractivity contribution is 7.10. The predicted molar refractivity (Wildman–Crippen MR) is 178 cm³/mol. The Morgan fingerprint density at radius 3 is 2.13 bits per heavy atom. The smallest absolute Gasteiger partial charge is 0.271 e. The SMILES string of the molecule is C[C@@H]1NC(=O)CN(C(=O)c2ccncc2)C[C@@H](c2ccccc2)NC(=O)c2csc(n2)[C@@H](Cc2ccccc2)NC(=O)c2csc1n2. The Balaban J connectivity index is 1.38. The highest BCUT2D eigenvalue weighted by Gasteiger charge is 2.28. The molecule has 4 amide bonds. The second-order valence-electron chi connectivity index (χ2n) is 11.0. The minimum atomic E-state index is -0.676.